The zero-order valence-electron chi connectivity index (χ0n) is 8.17. The average molecular weight is 211 g/mol. The first kappa shape index (κ1) is 9.81. The molecule has 0 radical (unpaired) electrons. The maximum absolute atomic E-state index is 6.10. The predicted molar refractivity (Wildman–Crippen MR) is 60.8 cm³/mol. The van der Waals surface area contributed by atoms with Crippen molar-refractivity contribution in [1.82, 2.24) is 0 Å². The van der Waals surface area contributed by atoms with Gasteiger partial charge in [-0.05, 0) is 25.0 Å². The van der Waals surface area contributed by atoms with Gasteiger partial charge in [-0.2, -0.15) is 0 Å². The second kappa shape index (κ2) is 4.20. The summed E-state index contributed by atoms with van der Waals surface area (Å²) in [6.45, 7) is 2.78. The third kappa shape index (κ3) is 1.72. The lowest BCUT2D eigenvalue weighted by atomic mass is 10.1. The predicted octanol–water partition coefficient (Wildman–Crippen LogP) is 2.40. The van der Waals surface area contributed by atoms with Gasteiger partial charge in [0.1, 0.15) is 0 Å². The van der Waals surface area contributed by atoms with Gasteiger partial charge in [-0.15, -0.1) is 0 Å². The molecule has 14 heavy (non-hydrogen) atoms. The number of hydrogen-bond acceptors (Lipinski definition) is 2. The normalized spacial score (nSPS) is 16.3. The summed E-state index contributed by atoms with van der Waals surface area (Å²) >= 11 is 6.10. The summed E-state index contributed by atoms with van der Waals surface area (Å²) in [5.41, 5.74) is 8.01. The molecule has 1 aliphatic heterocycles. The van der Waals surface area contributed by atoms with E-state index in [0.29, 0.717) is 6.54 Å². The first-order valence-electron chi connectivity index (χ1n) is 5.05. The van der Waals surface area contributed by atoms with Crippen LogP contribution in [0.5, 0.6) is 0 Å². The summed E-state index contributed by atoms with van der Waals surface area (Å²) in [5.74, 6) is 0. The third-order valence-corrected chi connectivity index (χ3v) is 3.10. The largest absolute Gasteiger partial charge is 0.371 e. The molecule has 76 valence electrons. The van der Waals surface area contributed by atoms with Crippen LogP contribution in [-0.4, -0.2) is 13.1 Å². The standard InChI is InChI=1S/C11H15ClN2/c12-10-4-3-5-11(9(10)8-13)14-6-1-2-7-14/h3-5H,1-2,6-8,13H2. The molecule has 2 rings (SSSR count). The molecule has 0 amide bonds. The molecule has 1 saturated heterocycles. The zero-order valence-corrected chi connectivity index (χ0v) is 8.93. The van der Waals surface area contributed by atoms with Crippen LogP contribution in [0.15, 0.2) is 18.2 Å². The van der Waals surface area contributed by atoms with Gasteiger partial charge in [0.2, 0.25) is 0 Å². The van der Waals surface area contributed by atoms with Crippen LogP contribution in [0.1, 0.15) is 18.4 Å². The molecule has 0 unspecified atom stereocenters. The lowest BCUT2D eigenvalue weighted by Gasteiger charge is -2.21. The van der Waals surface area contributed by atoms with Gasteiger partial charge in [0.05, 0.1) is 0 Å². The maximum atomic E-state index is 6.10. The number of halogens is 1. The number of anilines is 1. The van der Waals surface area contributed by atoms with Gasteiger partial charge < -0.3 is 10.6 Å². The highest BCUT2D eigenvalue weighted by Crippen LogP contribution is 2.29. The maximum Gasteiger partial charge on any atom is 0.0471 e. The van der Waals surface area contributed by atoms with E-state index in [4.69, 9.17) is 17.3 Å². The topological polar surface area (TPSA) is 29.3 Å². The minimum absolute atomic E-state index is 0.519. The lowest BCUT2D eigenvalue weighted by Crippen LogP contribution is -2.20. The van der Waals surface area contributed by atoms with Crippen molar-refractivity contribution >= 4 is 17.3 Å². The highest BCUT2D eigenvalue weighted by Gasteiger charge is 2.16. The van der Waals surface area contributed by atoms with Crippen LogP contribution < -0.4 is 10.6 Å². The molecule has 1 heterocycles. The monoisotopic (exact) mass is 210 g/mol. The first-order chi connectivity index (χ1) is 6.83. The summed E-state index contributed by atoms with van der Waals surface area (Å²) in [6, 6.07) is 6.01. The fourth-order valence-corrected chi connectivity index (χ4v) is 2.25. The van der Waals surface area contributed by atoms with Crippen LogP contribution in [0.25, 0.3) is 0 Å². The lowest BCUT2D eigenvalue weighted by molar-refractivity contribution is 0.941. The van der Waals surface area contributed by atoms with Crippen LogP contribution in [0.2, 0.25) is 5.02 Å². The van der Waals surface area contributed by atoms with Crippen LogP contribution in [0, 0.1) is 0 Å². The molecule has 0 saturated carbocycles. The zero-order chi connectivity index (χ0) is 9.97. The SMILES string of the molecule is NCc1c(Cl)cccc1N1CCCC1. The van der Waals surface area contributed by atoms with E-state index in [1.165, 1.54) is 18.5 Å². The van der Waals surface area contributed by atoms with E-state index in [1.807, 2.05) is 12.1 Å². The van der Waals surface area contributed by atoms with Crippen molar-refractivity contribution in [2.24, 2.45) is 5.73 Å². The van der Waals surface area contributed by atoms with Crippen molar-refractivity contribution in [1.29, 1.82) is 0 Å². The minimum atomic E-state index is 0.519. The molecular weight excluding hydrogens is 196 g/mol. The Morgan fingerprint density at radius 3 is 2.64 bits per heavy atom. The van der Waals surface area contributed by atoms with Gasteiger partial charge in [-0.3, -0.25) is 0 Å². The molecular formula is C11H15ClN2. The Morgan fingerprint density at radius 2 is 2.00 bits per heavy atom. The van der Waals surface area contributed by atoms with Gasteiger partial charge >= 0.3 is 0 Å². The number of hydrogen-bond donors (Lipinski definition) is 1. The molecule has 2 N–H and O–H groups in total. The van der Waals surface area contributed by atoms with Gasteiger partial charge in [0.15, 0.2) is 0 Å². The summed E-state index contributed by atoms with van der Waals surface area (Å²) in [7, 11) is 0. The molecule has 3 heteroatoms. The third-order valence-electron chi connectivity index (χ3n) is 2.75. The molecule has 0 aromatic heterocycles. The van der Waals surface area contributed by atoms with Crippen LogP contribution in [-0.2, 0) is 6.54 Å². The second-order valence-electron chi connectivity index (χ2n) is 3.64. The summed E-state index contributed by atoms with van der Waals surface area (Å²) < 4.78 is 0. The van der Waals surface area contributed by atoms with Crippen molar-refractivity contribution in [2.75, 3.05) is 18.0 Å². The van der Waals surface area contributed by atoms with Gasteiger partial charge in [0, 0.05) is 35.9 Å². The Balaban J connectivity index is 2.35. The van der Waals surface area contributed by atoms with Crippen LogP contribution >= 0.6 is 11.6 Å². The van der Waals surface area contributed by atoms with Gasteiger partial charge in [0.25, 0.3) is 0 Å². The van der Waals surface area contributed by atoms with Crippen molar-refractivity contribution < 1.29 is 0 Å². The van der Waals surface area contributed by atoms with Crippen molar-refractivity contribution in [3.63, 3.8) is 0 Å². The van der Waals surface area contributed by atoms with Crippen molar-refractivity contribution in [3.05, 3.63) is 28.8 Å². The Bertz CT molecular complexity index is 319. The smallest absolute Gasteiger partial charge is 0.0471 e. The van der Waals surface area contributed by atoms with E-state index in [0.717, 1.165) is 23.7 Å². The van der Waals surface area contributed by atoms with E-state index in [-0.39, 0.29) is 0 Å². The second-order valence-corrected chi connectivity index (χ2v) is 4.04. The van der Waals surface area contributed by atoms with Crippen LogP contribution in [0.4, 0.5) is 5.69 Å². The van der Waals surface area contributed by atoms with E-state index >= 15 is 0 Å². The fourth-order valence-electron chi connectivity index (χ4n) is 2.00. The Kier molecular flexibility index (Phi) is 2.94. The molecule has 1 aliphatic rings. The summed E-state index contributed by atoms with van der Waals surface area (Å²) in [5, 5.41) is 0.789. The number of nitrogens with zero attached hydrogens (tertiary/aromatic N) is 1. The van der Waals surface area contributed by atoms with E-state index < -0.39 is 0 Å². The quantitative estimate of drug-likeness (QED) is 0.813. The van der Waals surface area contributed by atoms with Gasteiger partial charge in [-0.25, -0.2) is 0 Å². The molecule has 2 nitrogen and oxygen atoms in total. The number of nitrogens with two attached hydrogens (primary N) is 1. The highest BCUT2D eigenvalue weighted by atomic mass is 35.5. The summed E-state index contributed by atoms with van der Waals surface area (Å²) in [4.78, 5) is 2.37. The first-order valence-corrected chi connectivity index (χ1v) is 5.43. The highest BCUT2D eigenvalue weighted by molar-refractivity contribution is 6.31. The summed E-state index contributed by atoms with van der Waals surface area (Å²) in [6.07, 6.45) is 2.55. The number of rotatable bonds is 2. The van der Waals surface area contributed by atoms with E-state index in [2.05, 4.69) is 11.0 Å². The minimum Gasteiger partial charge on any atom is -0.371 e. The van der Waals surface area contributed by atoms with Crippen LogP contribution in [0.3, 0.4) is 0 Å². The van der Waals surface area contributed by atoms with E-state index in [1.54, 1.807) is 0 Å². The molecule has 0 spiro atoms. The van der Waals surface area contributed by atoms with Gasteiger partial charge in [-0.1, -0.05) is 17.7 Å². The Labute approximate surface area is 89.7 Å². The van der Waals surface area contributed by atoms with Crippen molar-refractivity contribution in [3.8, 4) is 0 Å². The Hall–Kier alpha value is -0.730. The van der Waals surface area contributed by atoms with E-state index in [9.17, 15) is 0 Å². The Morgan fingerprint density at radius 1 is 1.29 bits per heavy atom. The molecule has 1 aromatic rings. The molecule has 1 aromatic carbocycles. The molecule has 1 fully saturated rings. The molecule has 0 atom stereocenters. The fraction of sp³-hybridized carbons (Fsp3) is 0.455. The molecule has 0 bridgehead atoms. The number of benzene rings is 1. The van der Waals surface area contributed by atoms with Crippen molar-refractivity contribution in [2.45, 2.75) is 19.4 Å². The average Bonchev–Trinajstić information content (AvgIpc) is 2.70. The molecule has 0 aliphatic carbocycles.